The van der Waals surface area contributed by atoms with Gasteiger partial charge in [-0.3, -0.25) is 0 Å². The quantitative estimate of drug-likeness (QED) is 0.639. The molecule has 0 aliphatic carbocycles. The summed E-state index contributed by atoms with van der Waals surface area (Å²) in [6.45, 7) is 2.86. The largest absolute Gasteiger partial charge is 0.361 e. The van der Waals surface area contributed by atoms with Crippen molar-refractivity contribution in [2.24, 2.45) is 0 Å². The van der Waals surface area contributed by atoms with E-state index in [-0.39, 0.29) is 0 Å². The molecule has 0 amide bonds. The van der Waals surface area contributed by atoms with Gasteiger partial charge in [-0.25, -0.2) is 4.98 Å². The summed E-state index contributed by atoms with van der Waals surface area (Å²) in [4.78, 5) is 7.41. The molecule has 4 nitrogen and oxygen atoms in total. The maximum atomic E-state index is 6.15. The molecule has 0 aliphatic rings. The Kier molecular flexibility index (Phi) is 3.82. The highest BCUT2D eigenvalue weighted by Crippen LogP contribution is 2.29. The number of H-pyrrole nitrogens is 1. The van der Waals surface area contributed by atoms with Gasteiger partial charge in [-0.15, -0.1) is 0 Å². The van der Waals surface area contributed by atoms with Crippen LogP contribution in [0.2, 0.25) is 5.15 Å². The van der Waals surface area contributed by atoms with Crippen LogP contribution in [0.25, 0.3) is 10.9 Å². The third kappa shape index (κ3) is 2.73. The second-order valence-corrected chi connectivity index (χ2v) is 5.38. The third-order valence-corrected chi connectivity index (χ3v) is 3.80. The average molecular weight is 301 g/mol. The lowest BCUT2D eigenvalue weighted by Gasteiger charge is -2.11. The van der Waals surface area contributed by atoms with E-state index in [1.54, 1.807) is 6.20 Å². The number of nitrogens with one attached hydrogen (secondary N) is 3. The molecule has 0 radical (unpaired) electrons. The fraction of sp³-hybridized carbons (Fsp3) is 0.188. The van der Waals surface area contributed by atoms with Crippen molar-refractivity contribution in [3.8, 4) is 0 Å². The van der Waals surface area contributed by atoms with Crippen LogP contribution in [0, 0.1) is 6.92 Å². The summed E-state index contributed by atoms with van der Waals surface area (Å²) >= 11 is 6.15. The van der Waals surface area contributed by atoms with Crippen molar-refractivity contribution >= 4 is 33.9 Å². The average Bonchev–Trinajstić information content (AvgIpc) is 2.86. The van der Waals surface area contributed by atoms with Gasteiger partial charge in [0.2, 0.25) is 0 Å². The number of rotatable bonds is 4. The summed E-state index contributed by atoms with van der Waals surface area (Å²) < 4.78 is 0. The highest BCUT2D eigenvalue weighted by Gasteiger charge is 2.07. The first kappa shape index (κ1) is 13.9. The van der Waals surface area contributed by atoms with Gasteiger partial charge in [0.15, 0.2) is 5.15 Å². The number of aryl methyl sites for hydroxylation is 1. The lowest BCUT2D eigenvalue weighted by Crippen LogP contribution is -2.03. The highest BCUT2D eigenvalue weighted by atomic mass is 35.5. The molecule has 0 spiro atoms. The Hall–Kier alpha value is -2.04. The fourth-order valence-corrected chi connectivity index (χ4v) is 2.67. The van der Waals surface area contributed by atoms with Crippen LogP contribution in [-0.4, -0.2) is 17.0 Å². The number of aromatic amines is 1. The Morgan fingerprint density at radius 2 is 2.14 bits per heavy atom. The van der Waals surface area contributed by atoms with Crippen LogP contribution in [0.4, 0.5) is 11.4 Å². The smallest absolute Gasteiger partial charge is 0.152 e. The molecule has 5 heteroatoms. The number of fused-ring (bicyclic) bond motifs is 1. The zero-order chi connectivity index (χ0) is 14.8. The molecule has 0 bridgehead atoms. The maximum Gasteiger partial charge on any atom is 0.152 e. The maximum absolute atomic E-state index is 6.15. The van der Waals surface area contributed by atoms with Crippen LogP contribution in [0.15, 0.2) is 36.7 Å². The summed E-state index contributed by atoms with van der Waals surface area (Å²) in [6.07, 6.45) is 3.74. The molecule has 0 saturated heterocycles. The molecular formula is C16H17ClN4. The molecule has 3 N–H and O–H groups in total. The van der Waals surface area contributed by atoms with E-state index in [2.05, 4.69) is 38.8 Å². The number of aromatic nitrogens is 2. The van der Waals surface area contributed by atoms with E-state index >= 15 is 0 Å². The van der Waals surface area contributed by atoms with Crippen LogP contribution in [-0.2, 0) is 6.54 Å². The first-order valence-electron chi connectivity index (χ1n) is 6.82. The Balaban J connectivity index is 1.95. The van der Waals surface area contributed by atoms with Crippen molar-refractivity contribution < 1.29 is 0 Å². The lowest BCUT2D eigenvalue weighted by atomic mass is 10.1. The summed E-state index contributed by atoms with van der Waals surface area (Å²) in [5, 5.41) is 8.22. The number of benzene rings is 1. The number of hydrogen-bond donors (Lipinski definition) is 3. The van der Waals surface area contributed by atoms with Crippen LogP contribution >= 0.6 is 11.6 Å². The molecule has 21 heavy (non-hydrogen) atoms. The third-order valence-electron chi connectivity index (χ3n) is 3.52. The Morgan fingerprint density at radius 3 is 2.90 bits per heavy atom. The molecule has 0 atom stereocenters. The fourth-order valence-electron chi connectivity index (χ4n) is 2.42. The predicted octanol–water partition coefficient (Wildman–Crippen LogP) is 3.99. The Bertz CT molecular complexity index is 759. The van der Waals surface area contributed by atoms with E-state index in [1.165, 1.54) is 10.9 Å². The second kappa shape index (κ2) is 5.76. The summed E-state index contributed by atoms with van der Waals surface area (Å²) in [5.41, 5.74) is 5.26. The summed E-state index contributed by atoms with van der Waals surface area (Å²) in [6, 6.07) is 8.18. The second-order valence-electron chi connectivity index (χ2n) is 5.02. The number of pyridine rings is 1. The van der Waals surface area contributed by atoms with Gasteiger partial charge in [-0.2, -0.15) is 0 Å². The van der Waals surface area contributed by atoms with Gasteiger partial charge in [0, 0.05) is 35.5 Å². The molecule has 0 fully saturated rings. The van der Waals surface area contributed by atoms with E-state index in [9.17, 15) is 0 Å². The summed E-state index contributed by atoms with van der Waals surface area (Å²) in [7, 11) is 1.95. The zero-order valence-electron chi connectivity index (χ0n) is 12.0. The number of hydrogen-bond acceptors (Lipinski definition) is 3. The molecule has 0 saturated carbocycles. The lowest BCUT2D eigenvalue weighted by molar-refractivity contribution is 0.823. The first-order chi connectivity index (χ1) is 10.2. The van der Waals surface area contributed by atoms with Gasteiger partial charge < -0.3 is 15.6 Å². The molecule has 0 unspecified atom stereocenters. The van der Waals surface area contributed by atoms with Crippen LogP contribution < -0.4 is 10.6 Å². The zero-order valence-corrected chi connectivity index (χ0v) is 12.8. The minimum Gasteiger partial charge on any atom is -0.361 e. The molecule has 3 aromatic rings. The van der Waals surface area contributed by atoms with Crippen molar-refractivity contribution in [2.75, 3.05) is 12.4 Å². The van der Waals surface area contributed by atoms with Gasteiger partial charge in [0.25, 0.3) is 0 Å². The molecule has 108 valence electrons. The standard InChI is InChI=1S/C16H17ClN4/c1-10-5-6-19-16(17)15(10)21-12-3-4-13-11(8-18-2)9-20-14(13)7-12/h3-7,9,18,20-21H,8H2,1-2H3. The van der Waals surface area contributed by atoms with Gasteiger partial charge in [-0.05, 0) is 43.3 Å². The van der Waals surface area contributed by atoms with Crippen molar-refractivity contribution in [1.82, 2.24) is 15.3 Å². The highest BCUT2D eigenvalue weighted by molar-refractivity contribution is 6.32. The van der Waals surface area contributed by atoms with Gasteiger partial charge in [-0.1, -0.05) is 17.7 Å². The topological polar surface area (TPSA) is 52.7 Å². The van der Waals surface area contributed by atoms with Crippen molar-refractivity contribution in [3.63, 3.8) is 0 Å². The van der Waals surface area contributed by atoms with Gasteiger partial charge >= 0.3 is 0 Å². The van der Waals surface area contributed by atoms with E-state index in [0.29, 0.717) is 5.15 Å². The first-order valence-corrected chi connectivity index (χ1v) is 7.19. The molecule has 2 heterocycles. The van der Waals surface area contributed by atoms with Crippen molar-refractivity contribution in [2.45, 2.75) is 13.5 Å². The van der Waals surface area contributed by atoms with Crippen molar-refractivity contribution in [1.29, 1.82) is 0 Å². The monoisotopic (exact) mass is 300 g/mol. The minimum atomic E-state index is 0.484. The van der Waals surface area contributed by atoms with E-state index in [1.807, 2.05) is 26.2 Å². The number of anilines is 2. The van der Waals surface area contributed by atoms with E-state index in [0.717, 1.165) is 29.0 Å². The molecule has 3 rings (SSSR count). The minimum absolute atomic E-state index is 0.484. The molecule has 0 aliphatic heterocycles. The van der Waals surface area contributed by atoms with E-state index in [4.69, 9.17) is 11.6 Å². The van der Waals surface area contributed by atoms with Gasteiger partial charge in [0.05, 0.1) is 5.69 Å². The molecule has 1 aromatic carbocycles. The van der Waals surface area contributed by atoms with Crippen LogP contribution in [0.5, 0.6) is 0 Å². The Morgan fingerprint density at radius 1 is 1.29 bits per heavy atom. The normalized spacial score (nSPS) is 11.0. The SMILES string of the molecule is CNCc1c[nH]c2cc(Nc3c(C)ccnc3Cl)ccc12. The molecular weight excluding hydrogens is 284 g/mol. The number of halogens is 1. The van der Waals surface area contributed by atoms with Crippen LogP contribution in [0.1, 0.15) is 11.1 Å². The van der Waals surface area contributed by atoms with Crippen molar-refractivity contribution in [3.05, 3.63) is 52.9 Å². The predicted molar refractivity (Wildman–Crippen MR) is 88.3 cm³/mol. The molecule has 2 aromatic heterocycles. The van der Waals surface area contributed by atoms with Gasteiger partial charge in [0.1, 0.15) is 0 Å². The van der Waals surface area contributed by atoms with E-state index < -0.39 is 0 Å². The number of nitrogens with zero attached hydrogens (tertiary/aromatic N) is 1. The van der Waals surface area contributed by atoms with Crippen LogP contribution in [0.3, 0.4) is 0 Å². The summed E-state index contributed by atoms with van der Waals surface area (Å²) in [5.74, 6) is 0. The Labute approximate surface area is 128 Å².